The maximum Gasteiger partial charge on any atom is 0.264 e. The molecule has 3 rings (SSSR count). The maximum atomic E-state index is 13.9. The van der Waals surface area contributed by atoms with Gasteiger partial charge < -0.3 is 21.1 Å². The van der Waals surface area contributed by atoms with Crippen molar-refractivity contribution >= 4 is 22.8 Å². The summed E-state index contributed by atoms with van der Waals surface area (Å²) >= 11 is 0. The molecular weight excluding hydrogens is 440 g/mol. The van der Waals surface area contributed by atoms with Crippen molar-refractivity contribution in [2.75, 3.05) is 36.9 Å². The third-order valence-electron chi connectivity index (χ3n) is 5.67. The van der Waals surface area contributed by atoms with E-state index < -0.39 is 6.43 Å². The third-order valence-corrected chi connectivity index (χ3v) is 5.67. The van der Waals surface area contributed by atoms with Gasteiger partial charge in [-0.1, -0.05) is 38.8 Å². The van der Waals surface area contributed by atoms with Gasteiger partial charge in [-0.05, 0) is 36.6 Å². The molecule has 0 spiro atoms. The van der Waals surface area contributed by atoms with Crippen LogP contribution in [0.25, 0.3) is 11.0 Å². The molecule has 0 amide bonds. The monoisotopic (exact) mass is 475 g/mol. The summed E-state index contributed by atoms with van der Waals surface area (Å²) in [6.45, 7) is 6.84. The molecule has 2 aromatic heterocycles. The molecule has 8 nitrogen and oxygen atoms in total. The number of nitrogen functional groups attached to an aromatic ring is 1. The molecule has 0 aliphatic heterocycles. The summed E-state index contributed by atoms with van der Waals surface area (Å²) in [6.07, 6.45) is 3.15. The zero-order valence-electron chi connectivity index (χ0n) is 20.0. The molecule has 0 saturated heterocycles. The van der Waals surface area contributed by atoms with Crippen LogP contribution in [0.1, 0.15) is 62.6 Å². The Labute approximate surface area is 199 Å². The summed E-state index contributed by atoms with van der Waals surface area (Å²) in [5.74, 6) is 0.654. The Kier molecular flexibility index (Phi) is 9.52. The zero-order valence-corrected chi connectivity index (χ0v) is 20.0. The largest absolute Gasteiger partial charge is 0.395 e. The molecule has 34 heavy (non-hydrogen) atoms. The molecule has 0 unspecified atom stereocenters. The minimum atomic E-state index is -2.59. The van der Waals surface area contributed by atoms with Crippen molar-refractivity contribution < 1.29 is 13.9 Å². The highest BCUT2D eigenvalue weighted by atomic mass is 19.3. The number of halogens is 2. The minimum absolute atomic E-state index is 0.00465. The lowest BCUT2D eigenvalue weighted by atomic mass is 10.0. The molecule has 0 atom stereocenters. The van der Waals surface area contributed by atoms with E-state index >= 15 is 0 Å². The number of rotatable bonds is 14. The van der Waals surface area contributed by atoms with Crippen LogP contribution in [-0.4, -0.2) is 51.1 Å². The molecule has 3 aromatic rings. The topological polar surface area (TPSA) is 105 Å². The van der Waals surface area contributed by atoms with E-state index in [4.69, 9.17) is 5.73 Å². The van der Waals surface area contributed by atoms with Gasteiger partial charge in [-0.2, -0.15) is 10.1 Å². The summed E-state index contributed by atoms with van der Waals surface area (Å²) < 4.78 is 29.3. The number of nitrogens with one attached hydrogen (secondary N) is 1. The Balaban J connectivity index is 1.88. The standard InChI is InChI=1S/C24H35F2N7O/c1-3-5-9-28-14-17-7-8-18(19(13-17)22(25)26)15-33-16-20-21(31-33)23(30-24(27)29-20)32(11-12-34)10-6-4-2/h7-8,13,16,22,28,34H,3-6,9-12,14-15H2,1-2H3,(H2,27,29). The average Bonchev–Trinajstić information content (AvgIpc) is 3.21. The van der Waals surface area contributed by atoms with E-state index in [9.17, 15) is 13.9 Å². The van der Waals surface area contributed by atoms with Crippen LogP contribution in [0.4, 0.5) is 20.5 Å². The molecule has 0 saturated carbocycles. The lowest BCUT2D eigenvalue weighted by molar-refractivity contribution is 0.150. The first kappa shape index (κ1) is 25.8. The number of alkyl halides is 2. The number of benzene rings is 1. The fourth-order valence-electron chi connectivity index (χ4n) is 3.87. The maximum absolute atomic E-state index is 13.9. The number of aliphatic hydroxyl groups is 1. The number of nitrogens with zero attached hydrogens (tertiary/aromatic N) is 5. The van der Waals surface area contributed by atoms with Crippen LogP contribution < -0.4 is 16.0 Å². The smallest absolute Gasteiger partial charge is 0.264 e. The van der Waals surface area contributed by atoms with Gasteiger partial charge in [0.1, 0.15) is 5.52 Å². The van der Waals surface area contributed by atoms with Gasteiger partial charge in [0.05, 0.1) is 19.3 Å². The van der Waals surface area contributed by atoms with E-state index in [0.29, 0.717) is 42.0 Å². The number of nitrogens with two attached hydrogens (primary N) is 1. The van der Waals surface area contributed by atoms with Gasteiger partial charge in [-0.25, -0.2) is 13.8 Å². The summed E-state index contributed by atoms with van der Waals surface area (Å²) in [5.41, 5.74) is 8.35. The van der Waals surface area contributed by atoms with E-state index in [2.05, 4.69) is 34.2 Å². The molecule has 1 aromatic carbocycles. The first-order valence-corrected chi connectivity index (χ1v) is 11.9. The quantitative estimate of drug-likeness (QED) is 0.304. The van der Waals surface area contributed by atoms with Crippen molar-refractivity contribution in [2.24, 2.45) is 0 Å². The second-order valence-electron chi connectivity index (χ2n) is 8.39. The molecule has 4 N–H and O–H groups in total. The number of fused-ring (bicyclic) bond motifs is 1. The predicted molar refractivity (Wildman–Crippen MR) is 131 cm³/mol. The summed E-state index contributed by atoms with van der Waals surface area (Å²) in [5, 5.41) is 17.4. The highest BCUT2D eigenvalue weighted by Crippen LogP contribution is 2.27. The van der Waals surface area contributed by atoms with Crippen molar-refractivity contribution in [2.45, 2.75) is 59.0 Å². The third kappa shape index (κ3) is 6.60. The molecule has 2 heterocycles. The van der Waals surface area contributed by atoms with E-state index in [1.165, 1.54) is 0 Å². The predicted octanol–water partition coefficient (Wildman–Crippen LogP) is 3.88. The van der Waals surface area contributed by atoms with Crippen molar-refractivity contribution in [3.63, 3.8) is 0 Å². The molecule has 186 valence electrons. The molecule has 0 fully saturated rings. The zero-order chi connectivity index (χ0) is 24.5. The Morgan fingerprint density at radius 1 is 1.15 bits per heavy atom. The molecule has 0 aliphatic rings. The fraction of sp³-hybridized carbons (Fsp3) is 0.542. The number of unbranched alkanes of at least 4 members (excludes halogenated alkanes) is 2. The van der Waals surface area contributed by atoms with Gasteiger partial charge in [0.2, 0.25) is 5.95 Å². The van der Waals surface area contributed by atoms with Gasteiger partial charge in [0, 0.05) is 25.2 Å². The Hall–Kier alpha value is -2.85. The van der Waals surface area contributed by atoms with Gasteiger partial charge in [-0.15, -0.1) is 0 Å². The van der Waals surface area contributed by atoms with Crippen molar-refractivity contribution in [3.8, 4) is 0 Å². The lowest BCUT2D eigenvalue weighted by Gasteiger charge is -2.22. The number of aliphatic hydroxyl groups excluding tert-OH is 1. The van der Waals surface area contributed by atoms with E-state index in [1.807, 2.05) is 11.0 Å². The average molecular weight is 476 g/mol. The van der Waals surface area contributed by atoms with Crippen molar-refractivity contribution in [1.82, 2.24) is 25.1 Å². The molecule has 0 radical (unpaired) electrons. The highest BCUT2D eigenvalue weighted by Gasteiger charge is 2.19. The summed E-state index contributed by atoms with van der Waals surface area (Å²) in [7, 11) is 0. The van der Waals surface area contributed by atoms with Gasteiger partial charge in [0.25, 0.3) is 6.43 Å². The minimum Gasteiger partial charge on any atom is -0.395 e. The Morgan fingerprint density at radius 3 is 2.65 bits per heavy atom. The van der Waals surface area contributed by atoms with Crippen LogP contribution in [0.3, 0.4) is 0 Å². The summed E-state index contributed by atoms with van der Waals surface area (Å²) in [4.78, 5) is 10.6. The van der Waals surface area contributed by atoms with Crippen LogP contribution in [0.5, 0.6) is 0 Å². The second kappa shape index (κ2) is 12.6. The van der Waals surface area contributed by atoms with Gasteiger partial charge >= 0.3 is 0 Å². The molecule has 0 bridgehead atoms. The van der Waals surface area contributed by atoms with Crippen LogP contribution in [0.15, 0.2) is 24.4 Å². The lowest BCUT2D eigenvalue weighted by Crippen LogP contribution is -2.29. The molecule has 10 heteroatoms. The molecule has 0 aliphatic carbocycles. The van der Waals surface area contributed by atoms with Crippen LogP contribution in [0, 0.1) is 0 Å². The molecular formula is C24H35F2N7O. The fourth-order valence-corrected chi connectivity index (χ4v) is 3.87. The first-order valence-electron chi connectivity index (χ1n) is 11.9. The van der Waals surface area contributed by atoms with E-state index in [-0.39, 0.29) is 24.7 Å². The number of aromatic nitrogens is 4. The van der Waals surface area contributed by atoms with Crippen LogP contribution in [0.2, 0.25) is 0 Å². The van der Waals surface area contributed by atoms with Crippen LogP contribution in [-0.2, 0) is 13.1 Å². The van der Waals surface area contributed by atoms with E-state index in [0.717, 1.165) is 37.8 Å². The van der Waals surface area contributed by atoms with Gasteiger partial charge in [-0.3, -0.25) is 4.68 Å². The van der Waals surface area contributed by atoms with E-state index in [1.54, 1.807) is 23.0 Å². The summed E-state index contributed by atoms with van der Waals surface area (Å²) in [6, 6.07) is 5.18. The van der Waals surface area contributed by atoms with Crippen molar-refractivity contribution in [3.05, 3.63) is 41.1 Å². The SMILES string of the molecule is CCCCNCc1ccc(Cn2cc3nc(N)nc(N(CCO)CCCC)c3n2)c(C(F)F)c1. The number of hydrogen-bond donors (Lipinski definition) is 3. The number of hydrogen-bond acceptors (Lipinski definition) is 7. The van der Waals surface area contributed by atoms with Gasteiger partial charge in [0.15, 0.2) is 11.3 Å². The first-order chi connectivity index (χ1) is 16.5. The second-order valence-corrected chi connectivity index (χ2v) is 8.39. The highest BCUT2D eigenvalue weighted by molar-refractivity contribution is 5.86. The van der Waals surface area contributed by atoms with Crippen LogP contribution >= 0.6 is 0 Å². The van der Waals surface area contributed by atoms with Crippen molar-refractivity contribution in [1.29, 1.82) is 0 Å². The Bertz CT molecular complexity index is 1060. The number of anilines is 2. The Morgan fingerprint density at radius 2 is 1.94 bits per heavy atom. The normalized spacial score (nSPS) is 11.6.